The van der Waals surface area contributed by atoms with Gasteiger partial charge in [-0.15, -0.1) is 0 Å². The van der Waals surface area contributed by atoms with E-state index in [4.69, 9.17) is 11.6 Å². The van der Waals surface area contributed by atoms with Crippen LogP contribution in [0.4, 0.5) is 4.79 Å². The van der Waals surface area contributed by atoms with E-state index >= 15 is 0 Å². The second-order valence-electron chi connectivity index (χ2n) is 2.73. The van der Waals surface area contributed by atoms with Gasteiger partial charge in [-0.3, -0.25) is 4.79 Å². The number of benzene rings is 1. The van der Waals surface area contributed by atoms with Gasteiger partial charge in [-0.25, -0.2) is 0 Å². The minimum Gasteiger partial charge on any atom is -0.347 e. The summed E-state index contributed by atoms with van der Waals surface area (Å²) in [6.07, 6.45) is 0. The lowest BCUT2D eigenvalue weighted by atomic mass is 10.2. The molecule has 0 radical (unpaired) electrons. The molecule has 0 aliphatic rings. The van der Waals surface area contributed by atoms with Gasteiger partial charge in [-0.2, -0.15) is 0 Å². The first-order chi connectivity index (χ1) is 6.72. The van der Waals surface area contributed by atoms with Gasteiger partial charge >= 0.3 is 0 Å². The molecule has 1 amide bonds. The summed E-state index contributed by atoms with van der Waals surface area (Å²) in [6.45, 7) is 2.58. The second kappa shape index (κ2) is 5.94. The van der Waals surface area contributed by atoms with Crippen molar-refractivity contribution in [3.8, 4) is 0 Å². The Labute approximate surface area is 93.0 Å². The Balaban J connectivity index is 2.38. The summed E-state index contributed by atoms with van der Waals surface area (Å²) < 4.78 is 0. The van der Waals surface area contributed by atoms with Crippen molar-refractivity contribution < 1.29 is 4.79 Å². The largest absolute Gasteiger partial charge is 0.347 e. The average Bonchev–Trinajstić information content (AvgIpc) is 2.17. The molecule has 1 aromatic carbocycles. The van der Waals surface area contributed by atoms with Gasteiger partial charge in [0.25, 0.3) is 5.24 Å². The van der Waals surface area contributed by atoms with Crippen molar-refractivity contribution in [1.29, 1.82) is 0 Å². The minimum atomic E-state index is 0.0162. The summed E-state index contributed by atoms with van der Waals surface area (Å²) in [7, 11) is 0. The van der Waals surface area contributed by atoms with Gasteiger partial charge in [0.15, 0.2) is 0 Å². The number of hydrogen-bond donors (Lipinski definition) is 1. The van der Waals surface area contributed by atoms with Crippen LogP contribution in [0.5, 0.6) is 0 Å². The Morgan fingerprint density at radius 2 is 2.07 bits per heavy atom. The molecule has 0 heterocycles. The molecule has 0 aromatic heterocycles. The predicted octanol–water partition coefficient (Wildman–Crippen LogP) is 3.30. The number of amides is 1. The maximum absolute atomic E-state index is 11.1. The van der Waals surface area contributed by atoms with Crippen LogP contribution in [-0.2, 0) is 5.75 Å². The number of thioether (sulfide) groups is 1. The van der Waals surface area contributed by atoms with E-state index in [9.17, 15) is 4.79 Å². The molecule has 4 heteroatoms. The molecule has 0 bridgehead atoms. The lowest BCUT2D eigenvalue weighted by Crippen LogP contribution is -2.17. The van der Waals surface area contributed by atoms with Crippen LogP contribution in [0, 0.1) is 0 Å². The third-order valence-corrected chi connectivity index (χ3v) is 2.74. The summed E-state index contributed by atoms with van der Waals surface area (Å²) in [5.41, 5.74) is 1.10. The lowest BCUT2D eigenvalue weighted by Gasteiger charge is -2.01. The third kappa shape index (κ3) is 4.03. The highest BCUT2D eigenvalue weighted by molar-refractivity contribution is 8.12. The van der Waals surface area contributed by atoms with Crippen LogP contribution in [0.2, 0.25) is 5.02 Å². The zero-order valence-electron chi connectivity index (χ0n) is 7.92. The molecule has 1 N–H and O–H groups in total. The van der Waals surface area contributed by atoms with Gasteiger partial charge in [0.05, 0.1) is 0 Å². The van der Waals surface area contributed by atoms with E-state index in [0.29, 0.717) is 12.3 Å². The van der Waals surface area contributed by atoms with E-state index in [1.54, 1.807) is 0 Å². The monoisotopic (exact) mass is 229 g/mol. The number of carbonyl (C=O) groups is 1. The fourth-order valence-corrected chi connectivity index (χ4v) is 1.79. The summed E-state index contributed by atoms with van der Waals surface area (Å²) >= 11 is 7.00. The van der Waals surface area contributed by atoms with E-state index in [2.05, 4.69) is 5.32 Å². The van der Waals surface area contributed by atoms with Gasteiger partial charge in [0, 0.05) is 17.3 Å². The normalized spacial score (nSPS) is 9.86. The molecular weight excluding hydrogens is 218 g/mol. The maximum atomic E-state index is 11.1. The molecular formula is C10H12ClNOS. The first kappa shape index (κ1) is 11.4. The van der Waals surface area contributed by atoms with Gasteiger partial charge in [-0.05, 0) is 24.6 Å². The second-order valence-corrected chi connectivity index (χ2v) is 4.12. The van der Waals surface area contributed by atoms with Crippen molar-refractivity contribution in [2.75, 3.05) is 6.54 Å². The summed E-state index contributed by atoms with van der Waals surface area (Å²) in [5.74, 6) is 0.684. The molecule has 0 spiro atoms. The average molecular weight is 230 g/mol. The van der Waals surface area contributed by atoms with Crippen molar-refractivity contribution >= 4 is 28.6 Å². The Morgan fingerprint density at radius 1 is 1.43 bits per heavy atom. The maximum Gasteiger partial charge on any atom is 0.279 e. The fraction of sp³-hybridized carbons (Fsp3) is 0.300. The Bertz CT molecular complexity index is 299. The van der Waals surface area contributed by atoms with Crippen LogP contribution in [0.15, 0.2) is 24.3 Å². The van der Waals surface area contributed by atoms with E-state index < -0.39 is 0 Å². The first-order valence-corrected chi connectivity index (χ1v) is 5.74. The third-order valence-electron chi connectivity index (χ3n) is 1.60. The highest BCUT2D eigenvalue weighted by Crippen LogP contribution is 2.15. The zero-order chi connectivity index (χ0) is 10.4. The quantitative estimate of drug-likeness (QED) is 0.862. The van der Waals surface area contributed by atoms with E-state index in [0.717, 1.165) is 10.6 Å². The molecule has 0 aliphatic heterocycles. The summed E-state index contributed by atoms with van der Waals surface area (Å²) in [5, 5.41) is 3.46. The SMILES string of the molecule is CCNC(=O)SCc1ccc(Cl)cc1. The lowest BCUT2D eigenvalue weighted by molar-refractivity contribution is 0.261. The van der Waals surface area contributed by atoms with Gasteiger partial charge in [-0.1, -0.05) is 35.5 Å². The van der Waals surface area contributed by atoms with Gasteiger partial charge < -0.3 is 5.32 Å². The molecule has 1 aromatic rings. The summed E-state index contributed by atoms with van der Waals surface area (Å²) in [6, 6.07) is 7.51. The molecule has 0 fully saturated rings. The molecule has 2 nitrogen and oxygen atoms in total. The van der Waals surface area contributed by atoms with Crippen LogP contribution in [-0.4, -0.2) is 11.8 Å². The Hall–Kier alpha value is -0.670. The standard InChI is InChI=1S/C10H12ClNOS/c1-2-12-10(13)14-7-8-3-5-9(11)6-4-8/h3-6H,2,7H2,1H3,(H,12,13). The highest BCUT2D eigenvalue weighted by atomic mass is 35.5. The molecule has 0 atom stereocenters. The molecule has 1 rings (SSSR count). The van der Waals surface area contributed by atoms with Crippen molar-refractivity contribution in [3.63, 3.8) is 0 Å². The van der Waals surface area contributed by atoms with Crippen LogP contribution in [0.3, 0.4) is 0 Å². The number of rotatable bonds is 3. The van der Waals surface area contributed by atoms with Gasteiger partial charge in [0.1, 0.15) is 0 Å². The molecule has 0 saturated heterocycles. The van der Waals surface area contributed by atoms with E-state index in [1.165, 1.54) is 11.8 Å². The molecule has 0 aliphatic carbocycles. The van der Waals surface area contributed by atoms with Crippen LogP contribution in [0.1, 0.15) is 12.5 Å². The minimum absolute atomic E-state index is 0.0162. The number of nitrogens with one attached hydrogen (secondary N) is 1. The number of hydrogen-bond acceptors (Lipinski definition) is 2. The molecule has 14 heavy (non-hydrogen) atoms. The predicted molar refractivity (Wildman–Crippen MR) is 61.8 cm³/mol. The van der Waals surface area contributed by atoms with E-state index in [-0.39, 0.29) is 5.24 Å². The first-order valence-electron chi connectivity index (χ1n) is 4.37. The number of halogens is 1. The van der Waals surface area contributed by atoms with Crippen LogP contribution in [0.25, 0.3) is 0 Å². The van der Waals surface area contributed by atoms with Crippen molar-refractivity contribution in [1.82, 2.24) is 5.32 Å². The number of carbonyl (C=O) groups excluding carboxylic acids is 1. The van der Waals surface area contributed by atoms with E-state index in [1.807, 2.05) is 31.2 Å². The highest BCUT2D eigenvalue weighted by Gasteiger charge is 2.00. The Kier molecular flexibility index (Phi) is 4.84. The zero-order valence-corrected chi connectivity index (χ0v) is 9.49. The molecule has 76 valence electrons. The smallest absolute Gasteiger partial charge is 0.279 e. The molecule has 0 saturated carbocycles. The molecule has 0 unspecified atom stereocenters. The van der Waals surface area contributed by atoms with Crippen molar-refractivity contribution in [2.45, 2.75) is 12.7 Å². The topological polar surface area (TPSA) is 29.1 Å². The fourth-order valence-electron chi connectivity index (χ4n) is 0.925. The van der Waals surface area contributed by atoms with Gasteiger partial charge in [0.2, 0.25) is 0 Å². The van der Waals surface area contributed by atoms with Crippen LogP contribution >= 0.6 is 23.4 Å². The Morgan fingerprint density at radius 3 is 2.64 bits per heavy atom. The van der Waals surface area contributed by atoms with Crippen molar-refractivity contribution in [2.24, 2.45) is 0 Å². The summed E-state index contributed by atoms with van der Waals surface area (Å²) in [4.78, 5) is 11.1. The van der Waals surface area contributed by atoms with Crippen molar-refractivity contribution in [3.05, 3.63) is 34.9 Å². The van der Waals surface area contributed by atoms with Crippen LogP contribution < -0.4 is 5.32 Å².